The molecule has 2 heterocycles. The molecule has 0 saturated carbocycles. The van der Waals surface area contributed by atoms with E-state index in [9.17, 15) is 0 Å². The second-order valence-corrected chi connectivity index (χ2v) is 15.2. The Morgan fingerprint density at radius 2 is 1.05 bits per heavy atom. The fourth-order valence-electron chi connectivity index (χ4n) is 9.22. The summed E-state index contributed by atoms with van der Waals surface area (Å²) in [5.74, 6) is 0. The van der Waals surface area contributed by atoms with Gasteiger partial charge >= 0.3 is 0 Å². The summed E-state index contributed by atoms with van der Waals surface area (Å²) in [5, 5.41) is 16.6. The monoisotopic (exact) mass is 743 g/mol. The van der Waals surface area contributed by atoms with E-state index in [0.29, 0.717) is 0 Å². The van der Waals surface area contributed by atoms with Gasteiger partial charge in [0.05, 0.1) is 0 Å². The van der Waals surface area contributed by atoms with Crippen LogP contribution in [-0.2, 0) is 6.42 Å². The minimum atomic E-state index is 0.795. The first-order valence-electron chi connectivity index (χ1n) is 19.8. The molecule has 1 aliphatic carbocycles. The van der Waals surface area contributed by atoms with Crippen LogP contribution in [0.25, 0.3) is 100 Å². The molecule has 8 aromatic carbocycles. The lowest BCUT2D eigenvalue weighted by Crippen LogP contribution is -2.05. The van der Waals surface area contributed by atoms with Gasteiger partial charge in [0.25, 0.3) is 0 Å². The number of rotatable bonds is 6. The third kappa shape index (κ3) is 5.33. The van der Waals surface area contributed by atoms with Crippen molar-refractivity contribution < 1.29 is 4.42 Å². The Bertz CT molecular complexity index is 3220. The summed E-state index contributed by atoms with van der Waals surface area (Å²) in [6, 6.07) is 62.3. The summed E-state index contributed by atoms with van der Waals surface area (Å²) in [6.07, 6.45) is 0.834. The van der Waals surface area contributed by atoms with Crippen LogP contribution in [-0.4, -0.2) is 15.4 Å². The number of hydrogen-bond acceptors (Lipinski definition) is 4. The third-order valence-electron chi connectivity index (χ3n) is 12.0. The topological polar surface area (TPSA) is 51.8 Å². The first-order chi connectivity index (χ1) is 28.6. The molecule has 10 aromatic rings. The van der Waals surface area contributed by atoms with Gasteiger partial charge in [0, 0.05) is 33.0 Å². The zero-order valence-electron chi connectivity index (χ0n) is 32.2. The smallest absolute Gasteiger partial charge is 0.136 e. The molecule has 2 aromatic heterocycles. The van der Waals surface area contributed by atoms with Gasteiger partial charge in [0.15, 0.2) is 0 Å². The SMILES string of the molecule is Cc1cc2c(c(-c3c(-c4ccccc4)nnnc3-c3ccccc3-c3c(-c4ccccc4-c4ccccc4)ccc4oc5ccccc5c34)c1C)Cc1ccccc1-2. The maximum atomic E-state index is 6.61. The maximum absolute atomic E-state index is 6.61. The Hall–Kier alpha value is -7.43. The van der Waals surface area contributed by atoms with Crippen LogP contribution >= 0.6 is 0 Å². The quantitative estimate of drug-likeness (QED) is 0.170. The van der Waals surface area contributed by atoms with Crippen molar-refractivity contribution in [2.24, 2.45) is 0 Å². The zero-order chi connectivity index (χ0) is 38.7. The van der Waals surface area contributed by atoms with E-state index in [0.717, 1.165) is 89.8 Å². The molecule has 0 spiro atoms. The van der Waals surface area contributed by atoms with Crippen molar-refractivity contribution >= 4 is 21.9 Å². The highest BCUT2D eigenvalue weighted by Crippen LogP contribution is 2.52. The largest absolute Gasteiger partial charge is 0.456 e. The second kappa shape index (κ2) is 13.6. The molecular weight excluding hydrogens is 707 g/mol. The van der Waals surface area contributed by atoms with E-state index in [-0.39, 0.29) is 0 Å². The molecule has 0 bridgehead atoms. The first kappa shape index (κ1) is 33.9. The summed E-state index contributed by atoms with van der Waals surface area (Å²) in [5.41, 5.74) is 21.8. The van der Waals surface area contributed by atoms with Crippen LogP contribution in [0.1, 0.15) is 22.3 Å². The minimum Gasteiger partial charge on any atom is -0.456 e. The Morgan fingerprint density at radius 1 is 0.431 bits per heavy atom. The lowest BCUT2D eigenvalue weighted by Gasteiger charge is -2.22. The summed E-state index contributed by atoms with van der Waals surface area (Å²) in [6.45, 7) is 4.47. The van der Waals surface area contributed by atoms with E-state index in [1.807, 2.05) is 12.1 Å². The van der Waals surface area contributed by atoms with E-state index in [1.54, 1.807) is 0 Å². The molecule has 0 unspecified atom stereocenters. The molecule has 274 valence electrons. The molecule has 0 fully saturated rings. The number of hydrogen-bond donors (Lipinski definition) is 0. The molecule has 4 heteroatoms. The van der Waals surface area contributed by atoms with Gasteiger partial charge in [0.2, 0.25) is 0 Å². The van der Waals surface area contributed by atoms with Crippen molar-refractivity contribution in [1.82, 2.24) is 15.4 Å². The van der Waals surface area contributed by atoms with Crippen LogP contribution in [0.15, 0.2) is 180 Å². The van der Waals surface area contributed by atoms with Crippen LogP contribution in [0.4, 0.5) is 0 Å². The molecule has 11 rings (SSSR count). The number of fused-ring (bicyclic) bond motifs is 6. The van der Waals surface area contributed by atoms with Crippen molar-refractivity contribution in [2.45, 2.75) is 20.3 Å². The number of nitrogens with zero attached hydrogens (tertiary/aromatic N) is 3. The fourth-order valence-corrected chi connectivity index (χ4v) is 9.22. The van der Waals surface area contributed by atoms with Crippen molar-refractivity contribution in [3.8, 4) is 78.1 Å². The summed E-state index contributed by atoms with van der Waals surface area (Å²) in [4.78, 5) is 0. The van der Waals surface area contributed by atoms with Gasteiger partial charge in [-0.25, -0.2) is 0 Å². The Balaban J connectivity index is 1.26. The van der Waals surface area contributed by atoms with Gasteiger partial charge in [-0.1, -0.05) is 158 Å². The van der Waals surface area contributed by atoms with E-state index in [4.69, 9.17) is 14.6 Å². The first-order valence-corrected chi connectivity index (χ1v) is 19.8. The fraction of sp³-hybridized carbons (Fsp3) is 0.0556. The van der Waals surface area contributed by atoms with Crippen molar-refractivity contribution in [3.63, 3.8) is 0 Å². The van der Waals surface area contributed by atoms with Crippen LogP contribution in [0.5, 0.6) is 0 Å². The number of furan rings is 1. The van der Waals surface area contributed by atoms with E-state index in [2.05, 4.69) is 183 Å². The summed E-state index contributed by atoms with van der Waals surface area (Å²) in [7, 11) is 0. The van der Waals surface area contributed by atoms with Gasteiger partial charge in [-0.3, -0.25) is 0 Å². The van der Waals surface area contributed by atoms with Crippen LogP contribution in [0.3, 0.4) is 0 Å². The predicted octanol–water partition coefficient (Wildman–Crippen LogP) is 14.0. The molecular formula is C54H37N3O. The Labute approximate surface area is 337 Å². The number of para-hydroxylation sites is 1. The predicted molar refractivity (Wildman–Crippen MR) is 237 cm³/mol. The normalized spacial score (nSPS) is 11.9. The molecule has 1 aliphatic rings. The molecule has 0 atom stereocenters. The number of benzene rings is 8. The molecule has 0 radical (unpaired) electrons. The van der Waals surface area contributed by atoms with Crippen LogP contribution < -0.4 is 0 Å². The zero-order valence-corrected chi connectivity index (χ0v) is 32.2. The third-order valence-corrected chi connectivity index (χ3v) is 12.0. The lowest BCUT2D eigenvalue weighted by atomic mass is 9.82. The molecule has 0 saturated heterocycles. The highest BCUT2D eigenvalue weighted by atomic mass is 16.3. The van der Waals surface area contributed by atoms with Gasteiger partial charge in [-0.05, 0) is 110 Å². The van der Waals surface area contributed by atoms with Crippen molar-refractivity contribution in [2.75, 3.05) is 0 Å². The van der Waals surface area contributed by atoms with Gasteiger partial charge in [0.1, 0.15) is 22.6 Å². The minimum absolute atomic E-state index is 0.795. The van der Waals surface area contributed by atoms with Crippen molar-refractivity contribution in [3.05, 3.63) is 198 Å². The Kier molecular flexibility index (Phi) is 7.97. The molecule has 0 aliphatic heterocycles. The second-order valence-electron chi connectivity index (χ2n) is 15.2. The number of aromatic nitrogens is 3. The molecule has 4 nitrogen and oxygen atoms in total. The number of aryl methyl sites for hydroxylation is 1. The molecule has 0 amide bonds. The van der Waals surface area contributed by atoms with E-state index < -0.39 is 0 Å². The van der Waals surface area contributed by atoms with Gasteiger partial charge in [-0.15, -0.1) is 10.2 Å². The molecule has 58 heavy (non-hydrogen) atoms. The average molecular weight is 744 g/mol. The van der Waals surface area contributed by atoms with Gasteiger partial charge in [-0.2, -0.15) is 0 Å². The summed E-state index contributed by atoms with van der Waals surface area (Å²) >= 11 is 0. The van der Waals surface area contributed by atoms with Crippen LogP contribution in [0.2, 0.25) is 0 Å². The summed E-state index contributed by atoms with van der Waals surface area (Å²) < 4.78 is 6.61. The average Bonchev–Trinajstić information content (AvgIpc) is 3.85. The standard InChI is InChI=1S/C54H37N3O/c1-33-31-45-39-23-10-9-21-37(39)32-46(45)49(34(33)2)52-53(36-19-7-4-8-20-36)55-57-56-54(52)43-26-14-13-25-41(43)50-42(29-30-48-51(50)44-27-15-16-28-47(44)58-48)40-24-12-11-22-38(40)35-17-5-3-6-18-35/h3-31H,32H2,1-2H3. The van der Waals surface area contributed by atoms with Crippen molar-refractivity contribution in [1.29, 1.82) is 0 Å². The van der Waals surface area contributed by atoms with Crippen LogP contribution in [0, 0.1) is 13.8 Å². The van der Waals surface area contributed by atoms with E-state index in [1.165, 1.54) is 38.9 Å². The van der Waals surface area contributed by atoms with E-state index >= 15 is 0 Å². The highest BCUT2D eigenvalue weighted by molar-refractivity contribution is 6.18. The van der Waals surface area contributed by atoms with Gasteiger partial charge < -0.3 is 4.42 Å². The Morgan fingerprint density at radius 3 is 1.84 bits per heavy atom. The lowest BCUT2D eigenvalue weighted by molar-refractivity contribution is 0.669. The highest BCUT2D eigenvalue weighted by Gasteiger charge is 2.30. The maximum Gasteiger partial charge on any atom is 0.136 e. The molecule has 0 N–H and O–H groups in total.